The van der Waals surface area contributed by atoms with E-state index in [1.165, 1.54) is 12.1 Å². The number of carboxylic acids is 1. The molecule has 2 aromatic rings. The van der Waals surface area contributed by atoms with Crippen LogP contribution in [-0.4, -0.2) is 26.0 Å². The second kappa shape index (κ2) is 6.93. The Morgan fingerprint density at radius 2 is 1.72 bits per heavy atom. The van der Waals surface area contributed by atoms with Gasteiger partial charge >= 0.3 is 12.1 Å². The van der Waals surface area contributed by atoms with Crippen LogP contribution in [-0.2, 0) is 21.0 Å². The van der Waals surface area contributed by atoms with E-state index in [4.69, 9.17) is 16.7 Å². The summed E-state index contributed by atoms with van der Waals surface area (Å²) in [4.78, 5) is 10.8. The highest BCUT2D eigenvalue weighted by molar-refractivity contribution is 7.92. The number of alkyl halides is 3. The molecule has 0 atom stereocenters. The average Bonchev–Trinajstić information content (AvgIpc) is 2.52. The van der Waals surface area contributed by atoms with Gasteiger partial charge in [-0.2, -0.15) is 13.2 Å². The van der Waals surface area contributed by atoms with Crippen molar-refractivity contribution in [2.75, 3.05) is 10.8 Å². The van der Waals surface area contributed by atoms with Gasteiger partial charge in [0.1, 0.15) is 6.54 Å². The van der Waals surface area contributed by atoms with Gasteiger partial charge in [-0.05, 0) is 42.5 Å². The summed E-state index contributed by atoms with van der Waals surface area (Å²) in [5.41, 5.74) is -1.50. The Kier molecular flexibility index (Phi) is 5.28. The maximum Gasteiger partial charge on any atom is 0.416 e. The number of anilines is 1. The number of hydrogen-bond acceptors (Lipinski definition) is 3. The van der Waals surface area contributed by atoms with Gasteiger partial charge in [-0.1, -0.05) is 17.7 Å². The van der Waals surface area contributed by atoms with Gasteiger partial charge in [0.15, 0.2) is 0 Å². The normalized spacial score (nSPS) is 12.0. The van der Waals surface area contributed by atoms with E-state index >= 15 is 0 Å². The van der Waals surface area contributed by atoms with E-state index in [-0.39, 0.29) is 9.92 Å². The molecule has 0 unspecified atom stereocenters. The minimum atomic E-state index is -4.70. The van der Waals surface area contributed by atoms with Crippen LogP contribution in [0.2, 0.25) is 5.02 Å². The van der Waals surface area contributed by atoms with Gasteiger partial charge in [0, 0.05) is 5.02 Å². The van der Waals surface area contributed by atoms with E-state index in [0.29, 0.717) is 10.4 Å². The molecule has 10 heteroatoms. The number of carbonyl (C=O) groups is 1. The smallest absolute Gasteiger partial charge is 0.416 e. The Hall–Kier alpha value is -2.26. The van der Waals surface area contributed by atoms with Crippen LogP contribution >= 0.6 is 11.6 Å². The molecule has 0 saturated carbocycles. The van der Waals surface area contributed by atoms with Gasteiger partial charge in [-0.15, -0.1) is 0 Å². The van der Waals surface area contributed by atoms with E-state index < -0.39 is 40.0 Å². The van der Waals surface area contributed by atoms with Crippen molar-refractivity contribution >= 4 is 33.3 Å². The summed E-state index contributed by atoms with van der Waals surface area (Å²) in [6.45, 7) is -1.04. The number of nitrogens with zero attached hydrogens (tertiary/aromatic N) is 1. The quantitative estimate of drug-likeness (QED) is 0.841. The van der Waals surface area contributed by atoms with Crippen LogP contribution in [0.25, 0.3) is 0 Å². The Labute approximate surface area is 146 Å². The zero-order chi connectivity index (χ0) is 18.8. The minimum absolute atomic E-state index is 0.253. The third kappa shape index (κ3) is 4.43. The maximum atomic E-state index is 12.9. The minimum Gasteiger partial charge on any atom is -0.480 e. The zero-order valence-corrected chi connectivity index (χ0v) is 13.9. The molecule has 1 N–H and O–H groups in total. The standard InChI is InChI=1S/C15H11ClF3NO4S/c16-11-4-6-13(7-5-11)25(23,24)20(9-14(21)22)12-3-1-2-10(8-12)15(17,18)19/h1-8H,9H2,(H,21,22). The fourth-order valence-electron chi connectivity index (χ4n) is 2.01. The summed E-state index contributed by atoms with van der Waals surface area (Å²) < 4.78 is 64.3. The molecule has 5 nitrogen and oxygen atoms in total. The van der Waals surface area contributed by atoms with Crippen LogP contribution in [0.3, 0.4) is 0 Å². The maximum absolute atomic E-state index is 12.9. The Balaban J connectivity index is 2.57. The van der Waals surface area contributed by atoms with Crippen LogP contribution in [0, 0.1) is 0 Å². The molecule has 0 heterocycles. The molecule has 0 bridgehead atoms. The molecule has 25 heavy (non-hydrogen) atoms. The van der Waals surface area contributed by atoms with Crippen molar-refractivity contribution in [1.29, 1.82) is 0 Å². The molecule has 0 aliphatic heterocycles. The fraction of sp³-hybridized carbons (Fsp3) is 0.133. The number of sulfonamides is 1. The number of halogens is 4. The number of benzene rings is 2. The third-order valence-electron chi connectivity index (χ3n) is 3.14. The highest BCUT2D eigenvalue weighted by atomic mass is 35.5. The van der Waals surface area contributed by atoms with E-state index in [0.717, 1.165) is 30.3 Å². The molecule has 0 aliphatic rings. The molecule has 0 radical (unpaired) electrons. The predicted octanol–water partition coefficient (Wildman–Crippen LogP) is 3.64. The van der Waals surface area contributed by atoms with Crippen molar-refractivity contribution in [3.63, 3.8) is 0 Å². The van der Waals surface area contributed by atoms with E-state index in [1.807, 2.05) is 0 Å². The Bertz CT molecular complexity index is 882. The third-order valence-corrected chi connectivity index (χ3v) is 5.18. The number of rotatable bonds is 5. The van der Waals surface area contributed by atoms with Crippen LogP contribution in [0.15, 0.2) is 53.4 Å². The molecule has 0 aromatic heterocycles. The zero-order valence-electron chi connectivity index (χ0n) is 12.4. The summed E-state index contributed by atoms with van der Waals surface area (Å²) in [5, 5.41) is 9.23. The lowest BCUT2D eigenvalue weighted by Gasteiger charge is -2.23. The largest absolute Gasteiger partial charge is 0.480 e. The highest BCUT2D eigenvalue weighted by Gasteiger charge is 2.33. The predicted molar refractivity (Wildman–Crippen MR) is 85.1 cm³/mol. The van der Waals surface area contributed by atoms with Crippen molar-refractivity contribution in [3.05, 3.63) is 59.1 Å². The molecule has 0 amide bonds. The van der Waals surface area contributed by atoms with Crippen molar-refractivity contribution in [2.45, 2.75) is 11.1 Å². The van der Waals surface area contributed by atoms with Gasteiger partial charge in [0.25, 0.3) is 10.0 Å². The Morgan fingerprint density at radius 1 is 1.12 bits per heavy atom. The molecule has 0 fully saturated rings. The SMILES string of the molecule is O=C(O)CN(c1cccc(C(F)(F)F)c1)S(=O)(=O)c1ccc(Cl)cc1. The van der Waals surface area contributed by atoms with Crippen LogP contribution < -0.4 is 4.31 Å². The molecular formula is C15H11ClF3NO4S. The van der Waals surface area contributed by atoms with Gasteiger partial charge in [0.05, 0.1) is 16.1 Å². The number of aliphatic carboxylic acids is 1. The summed E-state index contributed by atoms with van der Waals surface area (Å²) in [6, 6.07) is 8.27. The molecule has 0 saturated heterocycles. The van der Waals surface area contributed by atoms with Crippen LogP contribution in [0.1, 0.15) is 5.56 Å². The van der Waals surface area contributed by atoms with Crippen molar-refractivity contribution in [2.24, 2.45) is 0 Å². The lowest BCUT2D eigenvalue weighted by molar-refractivity contribution is -0.137. The first-order valence-electron chi connectivity index (χ1n) is 6.69. The second-order valence-electron chi connectivity index (χ2n) is 4.91. The fourth-order valence-corrected chi connectivity index (χ4v) is 3.54. The molecule has 0 spiro atoms. The van der Waals surface area contributed by atoms with Gasteiger partial charge in [-0.25, -0.2) is 8.42 Å². The van der Waals surface area contributed by atoms with E-state index in [2.05, 4.69) is 0 Å². The van der Waals surface area contributed by atoms with Crippen LogP contribution in [0.4, 0.5) is 18.9 Å². The summed E-state index contributed by atoms with van der Waals surface area (Å²) in [6.07, 6.45) is -4.70. The van der Waals surface area contributed by atoms with Crippen molar-refractivity contribution in [3.8, 4) is 0 Å². The molecule has 0 aliphatic carbocycles. The molecular weight excluding hydrogens is 383 g/mol. The summed E-state index contributed by atoms with van der Waals surface area (Å²) in [5.74, 6) is -1.52. The highest BCUT2D eigenvalue weighted by Crippen LogP contribution is 2.33. The summed E-state index contributed by atoms with van der Waals surface area (Å²) >= 11 is 5.69. The lowest BCUT2D eigenvalue weighted by atomic mass is 10.2. The lowest BCUT2D eigenvalue weighted by Crippen LogP contribution is -2.35. The first-order chi connectivity index (χ1) is 11.5. The first-order valence-corrected chi connectivity index (χ1v) is 8.51. The van der Waals surface area contributed by atoms with Crippen molar-refractivity contribution in [1.82, 2.24) is 0 Å². The second-order valence-corrected chi connectivity index (χ2v) is 7.21. The monoisotopic (exact) mass is 393 g/mol. The molecule has 2 aromatic carbocycles. The molecule has 134 valence electrons. The topological polar surface area (TPSA) is 74.7 Å². The summed E-state index contributed by atoms with van der Waals surface area (Å²) in [7, 11) is -4.40. The van der Waals surface area contributed by atoms with Gasteiger partial charge in [-0.3, -0.25) is 9.10 Å². The van der Waals surface area contributed by atoms with Crippen molar-refractivity contribution < 1.29 is 31.5 Å². The molecule has 2 rings (SSSR count). The number of carboxylic acid groups (broad SMARTS) is 1. The average molecular weight is 394 g/mol. The van der Waals surface area contributed by atoms with E-state index in [9.17, 15) is 26.4 Å². The van der Waals surface area contributed by atoms with Gasteiger partial charge < -0.3 is 5.11 Å². The Morgan fingerprint density at radius 3 is 2.24 bits per heavy atom. The van der Waals surface area contributed by atoms with Gasteiger partial charge in [0.2, 0.25) is 0 Å². The van der Waals surface area contributed by atoms with E-state index in [1.54, 1.807) is 0 Å². The first kappa shape index (κ1) is 19.1. The number of hydrogen-bond donors (Lipinski definition) is 1. The van der Waals surface area contributed by atoms with Crippen LogP contribution in [0.5, 0.6) is 0 Å².